The number of hydrogen-bond donors (Lipinski definition) is 1. The van der Waals surface area contributed by atoms with Crippen LogP contribution in [-0.4, -0.2) is 37.0 Å². The van der Waals surface area contributed by atoms with Gasteiger partial charge >= 0.3 is 0 Å². The minimum Gasteiger partial charge on any atom is -0.356 e. The Hall–Kier alpha value is -1.06. The van der Waals surface area contributed by atoms with Gasteiger partial charge in [0.2, 0.25) is 5.91 Å². The minimum absolute atomic E-state index is 0.141. The monoisotopic (exact) mass is 322 g/mol. The molecular formula is C18H27ClN2O. The fraction of sp³-hybridized carbons (Fsp3) is 0.611. The Kier molecular flexibility index (Phi) is 7.20. The van der Waals surface area contributed by atoms with Crippen LogP contribution in [0.5, 0.6) is 0 Å². The van der Waals surface area contributed by atoms with Crippen LogP contribution in [0.3, 0.4) is 0 Å². The van der Waals surface area contributed by atoms with E-state index in [2.05, 4.69) is 17.1 Å². The molecule has 0 aliphatic carbocycles. The number of nitrogens with one attached hydrogen (secondary N) is 1. The van der Waals surface area contributed by atoms with E-state index in [9.17, 15) is 4.79 Å². The lowest BCUT2D eigenvalue weighted by Crippen LogP contribution is -2.36. The average Bonchev–Trinajstić information content (AvgIpc) is 2.51. The van der Waals surface area contributed by atoms with Gasteiger partial charge in [0.25, 0.3) is 0 Å². The first-order valence-electron chi connectivity index (χ1n) is 8.37. The SMILES string of the molecule is C[C@H]1CCCN(CCCNC(=O)CCc2ccc(Cl)cc2)C1. The number of carbonyl (C=O) groups excluding carboxylic acids is 1. The average molecular weight is 323 g/mol. The van der Waals surface area contributed by atoms with Crippen molar-refractivity contribution in [3.63, 3.8) is 0 Å². The molecule has 1 N–H and O–H groups in total. The van der Waals surface area contributed by atoms with Crippen LogP contribution < -0.4 is 5.32 Å². The van der Waals surface area contributed by atoms with E-state index in [-0.39, 0.29) is 5.91 Å². The minimum atomic E-state index is 0.141. The van der Waals surface area contributed by atoms with E-state index >= 15 is 0 Å². The molecule has 122 valence electrons. The second-order valence-corrected chi connectivity index (χ2v) is 6.81. The number of piperidine rings is 1. The van der Waals surface area contributed by atoms with Crippen molar-refractivity contribution < 1.29 is 4.79 Å². The molecule has 0 bridgehead atoms. The van der Waals surface area contributed by atoms with E-state index in [1.54, 1.807) is 0 Å². The molecule has 22 heavy (non-hydrogen) atoms. The lowest BCUT2D eigenvalue weighted by Gasteiger charge is -2.30. The van der Waals surface area contributed by atoms with E-state index in [0.29, 0.717) is 6.42 Å². The lowest BCUT2D eigenvalue weighted by molar-refractivity contribution is -0.121. The third-order valence-electron chi connectivity index (χ3n) is 4.27. The molecule has 1 aromatic rings. The third-order valence-corrected chi connectivity index (χ3v) is 4.52. The van der Waals surface area contributed by atoms with Gasteiger partial charge in [-0.3, -0.25) is 4.79 Å². The van der Waals surface area contributed by atoms with Gasteiger partial charge in [-0.15, -0.1) is 0 Å². The van der Waals surface area contributed by atoms with Gasteiger partial charge in [0.15, 0.2) is 0 Å². The summed E-state index contributed by atoms with van der Waals surface area (Å²) in [6, 6.07) is 7.70. The fourth-order valence-electron chi connectivity index (χ4n) is 3.02. The highest BCUT2D eigenvalue weighted by Gasteiger charge is 2.15. The number of halogens is 1. The molecule has 1 aliphatic rings. The summed E-state index contributed by atoms with van der Waals surface area (Å²) >= 11 is 5.85. The van der Waals surface area contributed by atoms with Crippen LogP contribution in [-0.2, 0) is 11.2 Å². The molecule has 0 saturated carbocycles. The van der Waals surface area contributed by atoms with E-state index < -0.39 is 0 Å². The molecule has 1 amide bonds. The number of aryl methyl sites for hydroxylation is 1. The van der Waals surface area contributed by atoms with Crippen LogP contribution in [0.25, 0.3) is 0 Å². The smallest absolute Gasteiger partial charge is 0.220 e. The number of rotatable bonds is 7. The Morgan fingerprint density at radius 3 is 2.86 bits per heavy atom. The van der Waals surface area contributed by atoms with Crippen LogP contribution in [0.15, 0.2) is 24.3 Å². The maximum absolute atomic E-state index is 11.8. The first-order valence-corrected chi connectivity index (χ1v) is 8.75. The van der Waals surface area contributed by atoms with Crippen molar-refractivity contribution in [2.24, 2.45) is 5.92 Å². The molecule has 1 aliphatic heterocycles. The number of likely N-dealkylation sites (tertiary alicyclic amines) is 1. The molecule has 1 heterocycles. The summed E-state index contributed by atoms with van der Waals surface area (Å²) in [6.07, 6.45) is 5.03. The van der Waals surface area contributed by atoms with Crippen molar-refractivity contribution in [1.29, 1.82) is 0 Å². The Bertz CT molecular complexity index is 461. The Morgan fingerprint density at radius 2 is 2.14 bits per heavy atom. The quantitative estimate of drug-likeness (QED) is 0.779. The summed E-state index contributed by atoms with van der Waals surface area (Å²) in [4.78, 5) is 14.4. The fourth-order valence-corrected chi connectivity index (χ4v) is 3.14. The van der Waals surface area contributed by atoms with Crippen LogP contribution in [0.2, 0.25) is 5.02 Å². The maximum Gasteiger partial charge on any atom is 0.220 e. The highest BCUT2D eigenvalue weighted by Crippen LogP contribution is 2.15. The second-order valence-electron chi connectivity index (χ2n) is 6.38. The summed E-state index contributed by atoms with van der Waals surface area (Å²) in [5, 5.41) is 3.76. The van der Waals surface area contributed by atoms with E-state index in [1.807, 2.05) is 24.3 Å². The van der Waals surface area contributed by atoms with Crippen LogP contribution in [0, 0.1) is 5.92 Å². The Balaban J connectivity index is 1.55. The van der Waals surface area contributed by atoms with Gasteiger partial charge in [0, 0.05) is 24.5 Å². The van der Waals surface area contributed by atoms with Crippen LogP contribution in [0.4, 0.5) is 0 Å². The Morgan fingerprint density at radius 1 is 1.36 bits per heavy atom. The predicted octanol–water partition coefficient (Wildman–Crippen LogP) is 3.51. The molecule has 1 fully saturated rings. The topological polar surface area (TPSA) is 32.3 Å². The van der Waals surface area contributed by atoms with Crippen molar-refractivity contribution in [1.82, 2.24) is 10.2 Å². The zero-order chi connectivity index (χ0) is 15.8. The first-order chi connectivity index (χ1) is 10.6. The standard InChI is InChI=1S/C18H27ClN2O/c1-15-4-2-12-21(14-15)13-3-11-20-18(22)10-7-16-5-8-17(19)9-6-16/h5-6,8-9,15H,2-4,7,10-14H2,1H3,(H,20,22)/t15-/m0/s1. The van der Waals surface area contributed by atoms with Gasteiger partial charge in [-0.2, -0.15) is 0 Å². The number of nitrogens with zero attached hydrogens (tertiary/aromatic N) is 1. The zero-order valence-electron chi connectivity index (χ0n) is 13.5. The molecule has 3 nitrogen and oxygen atoms in total. The van der Waals surface area contributed by atoms with Crippen molar-refractivity contribution >= 4 is 17.5 Å². The summed E-state index contributed by atoms with van der Waals surface area (Å²) in [5.41, 5.74) is 1.15. The van der Waals surface area contributed by atoms with Gasteiger partial charge in [-0.25, -0.2) is 0 Å². The number of amides is 1. The summed E-state index contributed by atoms with van der Waals surface area (Å²) in [6.45, 7) is 6.64. The van der Waals surface area contributed by atoms with Crippen molar-refractivity contribution in [2.75, 3.05) is 26.2 Å². The normalized spacial score (nSPS) is 19.1. The van der Waals surface area contributed by atoms with E-state index in [4.69, 9.17) is 11.6 Å². The zero-order valence-corrected chi connectivity index (χ0v) is 14.2. The van der Waals surface area contributed by atoms with Crippen molar-refractivity contribution in [3.8, 4) is 0 Å². The largest absolute Gasteiger partial charge is 0.356 e. The molecular weight excluding hydrogens is 296 g/mol. The molecule has 0 radical (unpaired) electrons. The summed E-state index contributed by atoms with van der Waals surface area (Å²) < 4.78 is 0. The molecule has 1 aromatic carbocycles. The van der Waals surface area contributed by atoms with Crippen LogP contribution >= 0.6 is 11.6 Å². The lowest BCUT2D eigenvalue weighted by atomic mass is 10.0. The molecule has 0 aromatic heterocycles. The maximum atomic E-state index is 11.8. The van der Waals surface area contributed by atoms with Crippen molar-refractivity contribution in [2.45, 2.75) is 39.0 Å². The van der Waals surface area contributed by atoms with Crippen LogP contribution in [0.1, 0.15) is 38.2 Å². The number of carbonyl (C=O) groups is 1. The number of benzene rings is 1. The molecule has 1 atom stereocenters. The highest BCUT2D eigenvalue weighted by atomic mass is 35.5. The summed E-state index contributed by atoms with van der Waals surface area (Å²) in [7, 11) is 0. The highest BCUT2D eigenvalue weighted by molar-refractivity contribution is 6.30. The number of hydrogen-bond acceptors (Lipinski definition) is 2. The van der Waals surface area contributed by atoms with Gasteiger partial charge in [-0.1, -0.05) is 30.7 Å². The van der Waals surface area contributed by atoms with Gasteiger partial charge in [0.1, 0.15) is 0 Å². The molecule has 4 heteroatoms. The molecule has 1 saturated heterocycles. The van der Waals surface area contributed by atoms with Gasteiger partial charge < -0.3 is 10.2 Å². The van der Waals surface area contributed by atoms with Crippen molar-refractivity contribution in [3.05, 3.63) is 34.9 Å². The third kappa shape index (κ3) is 6.37. The van der Waals surface area contributed by atoms with E-state index in [1.165, 1.54) is 25.9 Å². The van der Waals surface area contributed by atoms with Gasteiger partial charge in [0.05, 0.1) is 0 Å². The molecule has 2 rings (SSSR count). The second kappa shape index (κ2) is 9.16. The Labute approximate surface area is 139 Å². The predicted molar refractivity (Wildman–Crippen MR) is 92.2 cm³/mol. The molecule has 0 spiro atoms. The molecule has 0 unspecified atom stereocenters. The van der Waals surface area contributed by atoms with E-state index in [0.717, 1.165) is 42.4 Å². The summed E-state index contributed by atoms with van der Waals surface area (Å²) in [5.74, 6) is 0.963. The first kappa shape index (κ1) is 17.3. The van der Waals surface area contributed by atoms with Gasteiger partial charge in [-0.05, 0) is 62.4 Å².